The van der Waals surface area contributed by atoms with Gasteiger partial charge in [-0.25, -0.2) is 13.2 Å². The SMILES string of the molecule is COc1cc(OC)nc(C(F)c2cc(F)cc(F)c2N)n1. The zero-order chi connectivity index (χ0) is 15.6. The van der Waals surface area contributed by atoms with Gasteiger partial charge in [-0.15, -0.1) is 0 Å². The molecule has 112 valence electrons. The molecule has 2 rings (SSSR count). The second-order valence-electron chi connectivity index (χ2n) is 4.06. The fraction of sp³-hybridized carbons (Fsp3) is 0.231. The number of aromatic nitrogens is 2. The molecule has 1 heterocycles. The average molecular weight is 299 g/mol. The summed E-state index contributed by atoms with van der Waals surface area (Å²) in [5, 5.41) is 0. The largest absolute Gasteiger partial charge is 0.481 e. The molecule has 0 spiro atoms. The van der Waals surface area contributed by atoms with E-state index < -0.39 is 29.1 Å². The minimum absolute atomic E-state index is 0.0509. The molecule has 0 bridgehead atoms. The van der Waals surface area contributed by atoms with Crippen LogP contribution in [0.3, 0.4) is 0 Å². The van der Waals surface area contributed by atoms with Gasteiger partial charge in [-0.1, -0.05) is 0 Å². The number of alkyl halides is 1. The van der Waals surface area contributed by atoms with E-state index in [1.54, 1.807) is 0 Å². The summed E-state index contributed by atoms with van der Waals surface area (Å²) in [6.45, 7) is 0. The van der Waals surface area contributed by atoms with Gasteiger partial charge in [0.1, 0.15) is 11.6 Å². The van der Waals surface area contributed by atoms with Gasteiger partial charge in [0, 0.05) is 11.6 Å². The average Bonchev–Trinajstić information content (AvgIpc) is 2.49. The van der Waals surface area contributed by atoms with Crippen LogP contribution in [0.5, 0.6) is 11.8 Å². The number of ether oxygens (including phenoxy) is 2. The number of anilines is 1. The van der Waals surface area contributed by atoms with Crippen molar-refractivity contribution in [2.24, 2.45) is 0 Å². The van der Waals surface area contributed by atoms with Crippen LogP contribution in [-0.4, -0.2) is 24.2 Å². The highest BCUT2D eigenvalue weighted by atomic mass is 19.1. The first-order chi connectivity index (χ1) is 9.96. The molecule has 1 aromatic heterocycles. The molecule has 1 unspecified atom stereocenters. The minimum atomic E-state index is -2.03. The quantitative estimate of drug-likeness (QED) is 0.878. The number of halogens is 3. The molecule has 0 fully saturated rings. The predicted octanol–water partition coefficient (Wildman–Crippen LogP) is 2.41. The number of nitrogens with zero attached hydrogens (tertiary/aromatic N) is 2. The van der Waals surface area contributed by atoms with Crippen molar-refractivity contribution in [2.75, 3.05) is 20.0 Å². The van der Waals surface area contributed by atoms with E-state index in [9.17, 15) is 13.2 Å². The van der Waals surface area contributed by atoms with Crippen LogP contribution in [0.4, 0.5) is 18.9 Å². The lowest BCUT2D eigenvalue weighted by molar-refractivity contribution is 0.340. The Kier molecular flexibility index (Phi) is 4.15. The molecule has 8 heteroatoms. The second kappa shape index (κ2) is 5.86. The summed E-state index contributed by atoms with van der Waals surface area (Å²) in [5.74, 6) is -2.27. The maximum atomic E-state index is 14.5. The van der Waals surface area contributed by atoms with Gasteiger partial charge in [0.15, 0.2) is 12.0 Å². The van der Waals surface area contributed by atoms with Crippen LogP contribution in [-0.2, 0) is 0 Å². The van der Waals surface area contributed by atoms with E-state index in [1.807, 2.05) is 0 Å². The molecule has 0 saturated heterocycles. The van der Waals surface area contributed by atoms with E-state index in [-0.39, 0.29) is 17.6 Å². The zero-order valence-corrected chi connectivity index (χ0v) is 11.2. The van der Waals surface area contributed by atoms with E-state index >= 15 is 0 Å². The summed E-state index contributed by atoms with van der Waals surface area (Å²) in [6.07, 6.45) is -2.03. The normalized spacial score (nSPS) is 12.0. The summed E-state index contributed by atoms with van der Waals surface area (Å²) in [5.41, 5.74) is 4.53. The molecule has 2 aromatic rings. The maximum Gasteiger partial charge on any atom is 0.220 e. The van der Waals surface area contributed by atoms with Crippen molar-refractivity contribution in [3.8, 4) is 11.8 Å². The second-order valence-corrected chi connectivity index (χ2v) is 4.06. The monoisotopic (exact) mass is 299 g/mol. The van der Waals surface area contributed by atoms with Crippen LogP contribution in [0.2, 0.25) is 0 Å². The standard InChI is InChI=1S/C13H12F3N3O2/c1-20-9-5-10(21-2)19-13(18-9)11(16)7-3-6(14)4-8(15)12(7)17/h3-5,11H,17H2,1-2H3. The number of hydrogen-bond acceptors (Lipinski definition) is 5. The van der Waals surface area contributed by atoms with Gasteiger partial charge in [0.2, 0.25) is 11.8 Å². The summed E-state index contributed by atoms with van der Waals surface area (Å²) in [6, 6.07) is 2.70. The Labute approximate surface area is 118 Å². The molecular weight excluding hydrogens is 287 g/mol. The van der Waals surface area contributed by atoms with Gasteiger partial charge in [-0.05, 0) is 6.07 Å². The molecule has 1 aromatic carbocycles. The molecule has 5 nitrogen and oxygen atoms in total. The summed E-state index contributed by atoms with van der Waals surface area (Å²) >= 11 is 0. The molecule has 1 atom stereocenters. The topological polar surface area (TPSA) is 70.3 Å². The summed E-state index contributed by atoms with van der Waals surface area (Å²) in [4.78, 5) is 7.58. The summed E-state index contributed by atoms with van der Waals surface area (Å²) < 4.78 is 50.8. The zero-order valence-electron chi connectivity index (χ0n) is 11.2. The van der Waals surface area contributed by atoms with Crippen LogP contribution in [0, 0.1) is 11.6 Å². The van der Waals surface area contributed by atoms with Crippen molar-refractivity contribution in [3.63, 3.8) is 0 Å². The van der Waals surface area contributed by atoms with Crippen molar-refractivity contribution in [2.45, 2.75) is 6.17 Å². The van der Waals surface area contributed by atoms with Crippen molar-refractivity contribution < 1.29 is 22.6 Å². The van der Waals surface area contributed by atoms with E-state index in [2.05, 4.69) is 9.97 Å². The number of benzene rings is 1. The first-order valence-corrected chi connectivity index (χ1v) is 5.81. The Morgan fingerprint density at radius 2 is 1.62 bits per heavy atom. The first-order valence-electron chi connectivity index (χ1n) is 5.81. The lowest BCUT2D eigenvalue weighted by Crippen LogP contribution is -2.08. The molecular formula is C13H12F3N3O2. The number of methoxy groups -OCH3 is 2. The molecule has 0 saturated carbocycles. The lowest BCUT2D eigenvalue weighted by Gasteiger charge is -2.12. The van der Waals surface area contributed by atoms with Crippen LogP contribution in [0.1, 0.15) is 17.6 Å². The Balaban J connectivity index is 2.51. The number of nitrogens with two attached hydrogens (primary N) is 1. The molecule has 21 heavy (non-hydrogen) atoms. The fourth-order valence-corrected chi connectivity index (χ4v) is 1.70. The predicted molar refractivity (Wildman–Crippen MR) is 68.9 cm³/mol. The van der Waals surface area contributed by atoms with Crippen molar-refractivity contribution in [1.82, 2.24) is 9.97 Å². The van der Waals surface area contributed by atoms with Crippen LogP contribution < -0.4 is 15.2 Å². The van der Waals surface area contributed by atoms with Gasteiger partial charge in [0.25, 0.3) is 0 Å². The molecule has 0 aliphatic heterocycles. The third-order valence-corrected chi connectivity index (χ3v) is 2.74. The van der Waals surface area contributed by atoms with Crippen LogP contribution >= 0.6 is 0 Å². The Bertz CT molecular complexity index is 645. The smallest absolute Gasteiger partial charge is 0.220 e. The molecule has 0 aliphatic rings. The summed E-state index contributed by atoms with van der Waals surface area (Å²) in [7, 11) is 2.66. The van der Waals surface area contributed by atoms with Gasteiger partial charge in [-0.2, -0.15) is 9.97 Å². The maximum absolute atomic E-state index is 14.5. The number of hydrogen-bond donors (Lipinski definition) is 1. The van der Waals surface area contributed by atoms with Gasteiger partial charge in [0.05, 0.1) is 26.0 Å². The Hall–Kier alpha value is -2.51. The molecule has 2 N–H and O–H groups in total. The fourth-order valence-electron chi connectivity index (χ4n) is 1.70. The third kappa shape index (κ3) is 2.99. The molecule has 0 aliphatic carbocycles. The highest BCUT2D eigenvalue weighted by Gasteiger charge is 2.23. The molecule has 0 radical (unpaired) electrons. The van der Waals surface area contributed by atoms with Gasteiger partial charge in [-0.3, -0.25) is 0 Å². The van der Waals surface area contributed by atoms with E-state index in [4.69, 9.17) is 15.2 Å². The highest BCUT2D eigenvalue weighted by molar-refractivity contribution is 5.51. The van der Waals surface area contributed by atoms with Crippen LogP contribution in [0.25, 0.3) is 0 Å². The van der Waals surface area contributed by atoms with Crippen molar-refractivity contribution >= 4 is 5.69 Å². The lowest BCUT2D eigenvalue weighted by atomic mass is 10.1. The molecule has 0 amide bonds. The van der Waals surface area contributed by atoms with Gasteiger partial charge >= 0.3 is 0 Å². The first kappa shape index (κ1) is 14.9. The number of rotatable bonds is 4. The Morgan fingerprint density at radius 3 is 2.14 bits per heavy atom. The van der Waals surface area contributed by atoms with E-state index in [0.717, 1.165) is 6.07 Å². The van der Waals surface area contributed by atoms with E-state index in [0.29, 0.717) is 6.07 Å². The Morgan fingerprint density at radius 1 is 1.05 bits per heavy atom. The van der Waals surface area contributed by atoms with E-state index in [1.165, 1.54) is 20.3 Å². The highest BCUT2D eigenvalue weighted by Crippen LogP contribution is 2.32. The van der Waals surface area contributed by atoms with Gasteiger partial charge < -0.3 is 15.2 Å². The minimum Gasteiger partial charge on any atom is -0.481 e. The van der Waals surface area contributed by atoms with Crippen LogP contribution in [0.15, 0.2) is 18.2 Å². The van der Waals surface area contributed by atoms with Crippen molar-refractivity contribution in [3.05, 3.63) is 41.2 Å². The number of nitrogen functional groups attached to an aromatic ring is 1. The van der Waals surface area contributed by atoms with Crippen molar-refractivity contribution in [1.29, 1.82) is 0 Å². The third-order valence-electron chi connectivity index (χ3n) is 2.74.